The summed E-state index contributed by atoms with van der Waals surface area (Å²) in [5, 5.41) is 3.69. The van der Waals surface area contributed by atoms with E-state index in [2.05, 4.69) is 154 Å². The SMILES string of the molecule is C1#CCCC(c2cc(-c3ccccc3)nc(-n3c4ccccc4c4cc(-c5ccc6c(c5)c5c(n6-c6ccccc6)C=CCC5)ccc43)n2)=C1. The lowest BCUT2D eigenvalue weighted by molar-refractivity contribution is 0.967. The predicted molar refractivity (Wildman–Crippen MR) is 206 cm³/mol. The summed E-state index contributed by atoms with van der Waals surface area (Å²) in [5.41, 5.74) is 13.8. The molecule has 0 aliphatic heterocycles. The number of benzene rings is 5. The van der Waals surface area contributed by atoms with Crippen molar-refractivity contribution in [3.8, 4) is 45.9 Å². The highest BCUT2D eigenvalue weighted by Crippen LogP contribution is 2.39. The molecule has 0 atom stereocenters. The lowest BCUT2D eigenvalue weighted by Gasteiger charge is -2.13. The zero-order valence-electron chi connectivity index (χ0n) is 27.5. The zero-order valence-corrected chi connectivity index (χ0v) is 27.5. The first kappa shape index (κ1) is 28.6. The van der Waals surface area contributed by atoms with Gasteiger partial charge in [0.15, 0.2) is 0 Å². The quantitative estimate of drug-likeness (QED) is 0.176. The van der Waals surface area contributed by atoms with E-state index in [-0.39, 0.29) is 0 Å². The minimum Gasteiger partial charge on any atom is -0.310 e. The van der Waals surface area contributed by atoms with Crippen LogP contribution < -0.4 is 0 Å². The fraction of sp³-hybridized carbons (Fsp3) is 0.0870. The number of rotatable bonds is 5. The summed E-state index contributed by atoms with van der Waals surface area (Å²) in [6, 6.07) is 45.6. The second-order valence-electron chi connectivity index (χ2n) is 13.1. The van der Waals surface area contributed by atoms with E-state index in [0.29, 0.717) is 5.95 Å². The van der Waals surface area contributed by atoms with Crippen LogP contribution in [-0.4, -0.2) is 19.1 Å². The first-order valence-corrected chi connectivity index (χ1v) is 17.4. The van der Waals surface area contributed by atoms with Gasteiger partial charge in [-0.3, -0.25) is 4.57 Å². The van der Waals surface area contributed by atoms with Crippen molar-refractivity contribution in [1.29, 1.82) is 0 Å². The van der Waals surface area contributed by atoms with Crippen molar-refractivity contribution >= 4 is 44.4 Å². The molecule has 0 radical (unpaired) electrons. The summed E-state index contributed by atoms with van der Waals surface area (Å²) in [6.07, 6.45) is 10.4. The molecule has 0 saturated heterocycles. The molecule has 0 fully saturated rings. The summed E-state index contributed by atoms with van der Waals surface area (Å²) in [7, 11) is 0. The molecule has 5 aromatic carbocycles. The fourth-order valence-electron chi connectivity index (χ4n) is 7.78. The summed E-state index contributed by atoms with van der Waals surface area (Å²) in [6.45, 7) is 0. The molecule has 0 N–H and O–H groups in total. The van der Waals surface area contributed by atoms with Gasteiger partial charge in [-0.15, -0.1) is 0 Å². The van der Waals surface area contributed by atoms with Gasteiger partial charge in [-0.2, -0.15) is 0 Å². The Balaban J connectivity index is 1.16. The highest BCUT2D eigenvalue weighted by molar-refractivity contribution is 6.10. The lowest BCUT2D eigenvalue weighted by atomic mass is 9.97. The van der Waals surface area contributed by atoms with Gasteiger partial charge in [0.05, 0.1) is 27.9 Å². The largest absolute Gasteiger partial charge is 0.310 e. The Hall–Kier alpha value is -6.44. The predicted octanol–water partition coefficient (Wildman–Crippen LogP) is 11.0. The van der Waals surface area contributed by atoms with E-state index in [1.807, 2.05) is 12.1 Å². The topological polar surface area (TPSA) is 35.6 Å². The minimum absolute atomic E-state index is 0.670. The van der Waals surface area contributed by atoms with Gasteiger partial charge < -0.3 is 4.57 Å². The molecule has 3 aromatic heterocycles. The first-order chi connectivity index (χ1) is 24.8. The summed E-state index contributed by atoms with van der Waals surface area (Å²) < 4.78 is 4.64. The van der Waals surface area contributed by atoms with Gasteiger partial charge in [0, 0.05) is 39.5 Å². The van der Waals surface area contributed by atoms with Crippen LogP contribution in [-0.2, 0) is 6.42 Å². The van der Waals surface area contributed by atoms with E-state index in [0.717, 1.165) is 59.2 Å². The Morgan fingerprint density at radius 3 is 2.06 bits per heavy atom. The average Bonchev–Trinajstić information content (AvgIpc) is 3.71. The summed E-state index contributed by atoms with van der Waals surface area (Å²) in [4.78, 5) is 10.4. The first-order valence-electron chi connectivity index (χ1n) is 17.4. The van der Waals surface area contributed by atoms with Crippen LogP contribution in [0.25, 0.3) is 78.4 Å². The third-order valence-electron chi connectivity index (χ3n) is 10.2. The molecule has 0 bridgehead atoms. The van der Waals surface area contributed by atoms with E-state index in [9.17, 15) is 0 Å². The zero-order chi connectivity index (χ0) is 33.0. The van der Waals surface area contributed by atoms with Crippen molar-refractivity contribution in [2.75, 3.05) is 0 Å². The van der Waals surface area contributed by atoms with Crippen molar-refractivity contribution in [2.24, 2.45) is 0 Å². The van der Waals surface area contributed by atoms with Crippen LogP contribution in [0.2, 0.25) is 0 Å². The fourth-order valence-corrected chi connectivity index (χ4v) is 7.78. The Bertz CT molecular complexity index is 2750. The maximum absolute atomic E-state index is 5.22. The van der Waals surface area contributed by atoms with E-state index >= 15 is 0 Å². The van der Waals surface area contributed by atoms with Gasteiger partial charge in [-0.05, 0) is 102 Å². The Morgan fingerprint density at radius 2 is 1.26 bits per heavy atom. The van der Waals surface area contributed by atoms with E-state index in [1.165, 1.54) is 49.7 Å². The van der Waals surface area contributed by atoms with Gasteiger partial charge >= 0.3 is 0 Å². The van der Waals surface area contributed by atoms with Crippen molar-refractivity contribution in [2.45, 2.75) is 25.7 Å². The normalized spacial score (nSPS) is 13.7. The summed E-state index contributed by atoms with van der Waals surface area (Å²) in [5.74, 6) is 7.04. The Kier molecular flexibility index (Phi) is 6.63. The van der Waals surface area contributed by atoms with Gasteiger partial charge in [-0.25, -0.2) is 9.97 Å². The molecular formula is C46H32N4. The van der Waals surface area contributed by atoms with Crippen molar-refractivity contribution in [3.05, 3.63) is 156 Å². The number of aromatic nitrogens is 4. The third kappa shape index (κ3) is 4.63. The number of para-hydroxylation sites is 2. The van der Waals surface area contributed by atoms with Crippen LogP contribution in [0.1, 0.15) is 36.2 Å². The van der Waals surface area contributed by atoms with Gasteiger partial charge in [0.2, 0.25) is 5.95 Å². The number of nitrogens with zero attached hydrogens (tertiary/aromatic N) is 4. The molecule has 2 aliphatic rings. The molecule has 0 spiro atoms. The van der Waals surface area contributed by atoms with Crippen LogP contribution >= 0.6 is 0 Å². The molecule has 50 heavy (non-hydrogen) atoms. The monoisotopic (exact) mass is 640 g/mol. The molecule has 10 rings (SSSR count). The number of aryl methyl sites for hydroxylation is 1. The molecule has 8 aromatic rings. The molecule has 3 heterocycles. The second kappa shape index (κ2) is 11.6. The van der Waals surface area contributed by atoms with Crippen molar-refractivity contribution in [3.63, 3.8) is 0 Å². The summed E-state index contributed by atoms with van der Waals surface area (Å²) >= 11 is 0. The molecular weight excluding hydrogens is 609 g/mol. The minimum atomic E-state index is 0.670. The van der Waals surface area contributed by atoms with Crippen LogP contribution in [0.4, 0.5) is 0 Å². The standard InChI is InChI=1S/C46H32N4/c1-4-14-31(15-5-1)40-30-41(32-16-6-2-7-17-32)48-46(47-40)50-43-23-13-11-21-37(43)39-29-34(25-27-45(39)50)33-24-26-44-38(28-33)36-20-10-12-22-42(36)49(44)35-18-8-3-9-19-35/h1,3-5,8-9,11-15,17-19,21-30H,6,10,16,20H2. The lowest BCUT2D eigenvalue weighted by Crippen LogP contribution is -2.05. The van der Waals surface area contributed by atoms with Crippen molar-refractivity contribution < 1.29 is 0 Å². The molecule has 2 aliphatic carbocycles. The maximum atomic E-state index is 5.22. The molecule has 4 heteroatoms. The average molecular weight is 641 g/mol. The maximum Gasteiger partial charge on any atom is 0.235 e. The number of allylic oxidation sites excluding steroid dienone is 3. The Morgan fingerprint density at radius 1 is 0.560 bits per heavy atom. The molecule has 0 unspecified atom stereocenters. The molecule has 4 nitrogen and oxygen atoms in total. The van der Waals surface area contributed by atoms with E-state index < -0.39 is 0 Å². The van der Waals surface area contributed by atoms with Crippen LogP contribution in [0.3, 0.4) is 0 Å². The second-order valence-corrected chi connectivity index (χ2v) is 13.1. The third-order valence-corrected chi connectivity index (χ3v) is 10.2. The number of hydrogen-bond donors (Lipinski definition) is 0. The molecule has 0 amide bonds. The van der Waals surface area contributed by atoms with Crippen molar-refractivity contribution in [1.82, 2.24) is 19.1 Å². The van der Waals surface area contributed by atoms with Crippen LogP contribution in [0, 0.1) is 11.8 Å². The van der Waals surface area contributed by atoms with Gasteiger partial charge in [-0.1, -0.05) is 96.8 Å². The highest BCUT2D eigenvalue weighted by Gasteiger charge is 2.21. The number of hydrogen-bond acceptors (Lipinski definition) is 2. The smallest absolute Gasteiger partial charge is 0.235 e. The molecule has 0 saturated carbocycles. The van der Waals surface area contributed by atoms with Crippen LogP contribution in [0.5, 0.6) is 0 Å². The Labute approximate surface area is 290 Å². The van der Waals surface area contributed by atoms with Gasteiger partial charge in [0.1, 0.15) is 0 Å². The van der Waals surface area contributed by atoms with E-state index in [1.54, 1.807) is 0 Å². The highest BCUT2D eigenvalue weighted by atomic mass is 15.2. The number of fused-ring (bicyclic) bond motifs is 6. The van der Waals surface area contributed by atoms with Crippen LogP contribution in [0.15, 0.2) is 140 Å². The van der Waals surface area contributed by atoms with Gasteiger partial charge in [0.25, 0.3) is 0 Å². The molecule has 236 valence electrons. The van der Waals surface area contributed by atoms with E-state index in [4.69, 9.17) is 9.97 Å².